The lowest BCUT2D eigenvalue weighted by Crippen LogP contribution is -2.05. The lowest BCUT2D eigenvalue weighted by Gasteiger charge is -2.14. The maximum absolute atomic E-state index is 5.98. The number of rotatable bonds is 12. The zero-order chi connectivity index (χ0) is 20.9. The van der Waals surface area contributed by atoms with E-state index < -0.39 is 0 Å². The monoisotopic (exact) mass is 399 g/mol. The van der Waals surface area contributed by atoms with Gasteiger partial charge in [-0.3, -0.25) is 0 Å². The first-order valence-electron chi connectivity index (χ1n) is 9.63. The van der Waals surface area contributed by atoms with Crippen LogP contribution in [0.4, 0.5) is 0 Å². The molecule has 0 amide bonds. The van der Waals surface area contributed by atoms with Crippen molar-refractivity contribution in [3.8, 4) is 17.2 Å². The molecule has 0 fully saturated rings. The molecule has 0 saturated heterocycles. The van der Waals surface area contributed by atoms with Crippen molar-refractivity contribution in [2.24, 2.45) is 5.16 Å². The standard InChI is InChI=1S/C22H29N3O4/c1-5-6-9-27-19-12-17(2)22(18(3)13-19)29-11-8-7-10-28-20-14-23-21(24-15-20)16-25-26-4/h5-6,12-16H,7-11H2,1-4H3/b6-5+,25-16?. The average molecular weight is 399 g/mol. The highest BCUT2D eigenvalue weighted by Gasteiger charge is 2.07. The van der Waals surface area contributed by atoms with E-state index in [9.17, 15) is 0 Å². The van der Waals surface area contributed by atoms with Crippen molar-refractivity contribution in [2.45, 2.75) is 33.6 Å². The quantitative estimate of drug-likeness (QED) is 0.230. The summed E-state index contributed by atoms with van der Waals surface area (Å²) in [6.45, 7) is 7.83. The third-order valence-electron chi connectivity index (χ3n) is 3.99. The molecule has 0 radical (unpaired) electrons. The fourth-order valence-electron chi connectivity index (χ4n) is 2.60. The first kappa shape index (κ1) is 22.2. The molecule has 1 heterocycles. The van der Waals surface area contributed by atoms with E-state index >= 15 is 0 Å². The summed E-state index contributed by atoms with van der Waals surface area (Å²) in [6, 6.07) is 4.02. The van der Waals surface area contributed by atoms with E-state index in [0.717, 1.165) is 35.5 Å². The van der Waals surface area contributed by atoms with Crippen LogP contribution in [0.25, 0.3) is 0 Å². The number of aromatic nitrogens is 2. The molecule has 7 nitrogen and oxygen atoms in total. The summed E-state index contributed by atoms with van der Waals surface area (Å²) >= 11 is 0. The SMILES string of the molecule is C/C=C/COc1cc(C)c(OCCCCOc2cnc(C=NOC)nc2)c(C)c1. The summed E-state index contributed by atoms with van der Waals surface area (Å²) in [7, 11) is 1.47. The highest BCUT2D eigenvalue weighted by atomic mass is 16.6. The highest BCUT2D eigenvalue weighted by Crippen LogP contribution is 2.28. The molecule has 0 aliphatic heterocycles. The molecule has 0 bridgehead atoms. The fourth-order valence-corrected chi connectivity index (χ4v) is 2.60. The molecule has 0 unspecified atom stereocenters. The molecule has 156 valence electrons. The smallest absolute Gasteiger partial charge is 0.174 e. The fraction of sp³-hybridized carbons (Fsp3) is 0.409. The summed E-state index contributed by atoms with van der Waals surface area (Å²) in [5.41, 5.74) is 2.15. The largest absolute Gasteiger partial charge is 0.493 e. The number of aryl methyl sites for hydroxylation is 2. The Kier molecular flexibility index (Phi) is 9.48. The zero-order valence-corrected chi connectivity index (χ0v) is 17.6. The molecule has 0 atom stereocenters. The molecular weight excluding hydrogens is 370 g/mol. The van der Waals surface area contributed by atoms with Gasteiger partial charge < -0.3 is 19.0 Å². The molecule has 0 spiro atoms. The topological polar surface area (TPSA) is 75.1 Å². The predicted octanol–water partition coefficient (Wildman–Crippen LogP) is 4.27. The zero-order valence-electron chi connectivity index (χ0n) is 17.6. The van der Waals surface area contributed by atoms with Crippen molar-refractivity contribution in [1.82, 2.24) is 9.97 Å². The van der Waals surface area contributed by atoms with Gasteiger partial charge in [0.15, 0.2) is 11.6 Å². The van der Waals surface area contributed by atoms with Gasteiger partial charge in [0.1, 0.15) is 31.4 Å². The van der Waals surface area contributed by atoms with Gasteiger partial charge in [-0.25, -0.2) is 9.97 Å². The van der Waals surface area contributed by atoms with Crippen LogP contribution >= 0.6 is 0 Å². The Balaban J connectivity index is 1.70. The minimum absolute atomic E-state index is 0.469. The van der Waals surface area contributed by atoms with Crippen molar-refractivity contribution in [2.75, 3.05) is 26.9 Å². The average Bonchev–Trinajstić information content (AvgIpc) is 2.71. The van der Waals surface area contributed by atoms with Crippen molar-refractivity contribution >= 4 is 6.21 Å². The third kappa shape index (κ3) is 7.81. The van der Waals surface area contributed by atoms with Gasteiger partial charge in [0.05, 0.1) is 25.6 Å². The van der Waals surface area contributed by atoms with E-state index in [1.807, 2.05) is 45.1 Å². The van der Waals surface area contributed by atoms with Gasteiger partial charge in [-0.15, -0.1) is 0 Å². The lowest BCUT2D eigenvalue weighted by molar-refractivity contribution is 0.215. The number of benzene rings is 1. The van der Waals surface area contributed by atoms with Gasteiger partial charge in [0.2, 0.25) is 0 Å². The second-order valence-electron chi connectivity index (χ2n) is 6.36. The number of allylic oxidation sites excluding steroid dienone is 1. The predicted molar refractivity (Wildman–Crippen MR) is 113 cm³/mol. The second-order valence-corrected chi connectivity index (χ2v) is 6.36. The highest BCUT2D eigenvalue weighted by molar-refractivity contribution is 5.73. The van der Waals surface area contributed by atoms with Gasteiger partial charge in [-0.2, -0.15) is 0 Å². The van der Waals surface area contributed by atoms with Crippen LogP contribution in [-0.4, -0.2) is 43.1 Å². The van der Waals surface area contributed by atoms with E-state index in [-0.39, 0.29) is 0 Å². The minimum atomic E-state index is 0.469. The van der Waals surface area contributed by atoms with Crippen LogP contribution in [0.3, 0.4) is 0 Å². The molecule has 0 aliphatic carbocycles. The van der Waals surface area contributed by atoms with Gasteiger partial charge >= 0.3 is 0 Å². The van der Waals surface area contributed by atoms with Crippen LogP contribution in [0.1, 0.15) is 36.7 Å². The van der Waals surface area contributed by atoms with Crippen LogP contribution < -0.4 is 14.2 Å². The Hall–Kier alpha value is -3.09. The Morgan fingerprint density at radius 1 is 0.931 bits per heavy atom. The molecule has 1 aromatic heterocycles. The van der Waals surface area contributed by atoms with Crippen molar-refractivity contribution < 1.29 is 19.0 Å². The van der Waals surface area contributed by atoms with Crippen LogP contribution in [0.15, 0.2) is 41.8 Å². The third-order valence-corrected chi connectivity index (χ3v) is 3.99. The summed E-state index contributed by atoms with van der Waals surface area (Å²) < 4.78 is 17.3. The van der Waals surface area contributed by atoms with Crippen LogP contribution in [0.2, 0.25) is 0 Å². The van der Waals surface area contributed by atoms with E-state index in [0.29, 0.717) is 31.4 Å². The number of hydrogen-bond acceptors (Lipinski definition) is 7. The number of oxime groups is 1. The number of unbranched alkanes of at least 4 members (excludes halogenated alkanes) is 1. The lowest BCUT2D eigenvalue weighted by atomic mass is 10.1. The van der Waals surface area contributed by atoms with Gasteiger partial charge in [-0.05, 0) is 56.9 Å². The first-order valence-corrected chi connectivity index (χ1v) is 9.63. The normalized spacial score (nSPS) is 11.2. The van der Waals surface area contributed by atoms with Crippen molar-refractivity contribution in [3.05, 3.63) is 53.6 Å². The van der Waals surface area contributed by atoms with Crippen molar-refractivity contribution in [3.63, 3.8) is 0 Å². The molecule has 2 rings (SSSR count). The van der Waals surface area contributed by atoms with Gasteiger partial charge in [-0.1, -0.05) is 17.3 Å². The molecule has 29 heavy (non-hydrogen) atoms. The molecule has 1 aromatic carbocycles. The summed E-state index contributed by atoms with van der Waals surface area (Å²) in [5, 5.41) is 3.61. The van der Waals surface area contributed by atoms with E-state index in [1.165, 1.54) is 13.3 Å². The van der Waals surface area contributed by atoms with Crippen LogP contribution in [-0.2, 0) is 4.84 Å². The molecular formula is C22H29N3O4. The molecule has 0 saturated carbocycles. The van der Waals surface area contributed by atoms with E-state index in [4.69, 9.17) is 14.2 Å². The Morgan fingerprint density at radius 2 is 1.59 bits per heavy atom. The number of hydrogen-bond donors (Lipinski definition) is 0. The van der Waals surface area contributed by atoms with E-state index in [1.54, 1.807) is 12.4 Å². The first-order chi connectivity index (χ1) is 14.1. The Labute approximate surface area is 172 Å². The van der Waals surface area contributed by atoms with Gasteiger partial charge in [0, 0.05) is 0 Å². The van der Waals surface area contributed by atoms with Gasteiger partial charge in [0.25, 0.3) is 0 Å². The minimum Gasteiger partial charge on any atom is -0.493 e. The number of nitrogens with zero attached hydrogens (tertiary/aromatic N) is 3. The van der Waals surface area contributed by atoms with Crippen LogP contribution in [0, 0.1) is 13.8 Å². The Morgan fingerprint density at radius 3 is 2.21 bits per heavy atom. The summed E-state index contributed by atoms with van der Waals surface area (Å²) in [4.78, 5) is 12.8. The molecule has 7 heteroatoms. The molecule has 2 aromatic rings. The maximum Gasteiger partial charge on any atom is 0.174 e. The molecule has 0 aliphatic rings. The maximum atomic E-state index is 5.98. The summed E-state index contributed by atoms with van der Waals surface area (Å²) in [6.07, 6.45) is 10.4. The number of ether oxygens (including phenoxy) is 3. The second kappa shape index (κ2) is 12.4. The van der Waals surface area contributed by atoms with E-state index in [2.05, 4.69) is 20.0 Å². The molecule has 0 N–H and O–H groups in total. The summed E-state index contributed by atoms with van der Waals surface area (Å²) in [5.74, 6) is 2.88. The van der Waals surface area contributed by atoms with Crippen LogP contribution in [0.5, 0.6) is 17.2 Å². The Bertz CT molecular complexity index is 781. The van der Waals surface area contributed by atoms with Crippen molar-refractivity contribution in [1.29, 1.82) is 0 Å².